The zero-order valence-corrected chi connectivity index (χ0v) is 12.5. The molecular weight excluding hydrogens is 282 g/mol. The van der Waals surface area contributed by atoms with Crippen molar-refractivity contribution in [3.8, 4) is 0 Å². The van der Waals surface area contributed by atoms with Crippen LogP contribution in [0.25, 0.3) is 0 Å². The molecule has 1 aliphatic rings. The summed E-state index contributed by atoms with van der Waals surface area (Å²) in [6, 6.07) is 3.78. The van der Waals surface area contributed by atoms with Gasteiger partial charge in [-0.1, -0.05) is 30.9 Å². The third-order valence-electron chi connectivity index (χ3n) is 3.20. The minimum absolute atomic E-state index is 0.228. The van der Waals surface area contributed by atoms with Gasteiger partial charge in [0.2, 0.25) is 0 Å². The molecule has 1 aromatic heterocycles. The van der Waals surface area contributed by atoms with Crippen molar-refractivity contribution < 1.29 is 4.79 Å². The van der Waals surface area contributed by atoms with Gasteiger partial charge in [0.15, 0.2) is 0 Å². The van der Waals surface area contributed by atoms with Crippen molar-refractivity contribution in [3.05, 3.63) is 21.3 Å². The number of rotatable bonds is 3. The van der Waals surface area contributed by atoms with Gasteiger partial charge in [-0.3, -0.25) is 0 Å². The van der Waals surface area contributed by atoms with Gasteiger partial charge in [0.25, 0.3) is 0 Å². The summed E-state index contributed by atoms with van der Waals surface area (Å²) in [5.74, 6) is 0. The number of nitrogens with one attached hydrogen (secondary N) is 2. The summed E-state index contributed by atoms with van der Waals surface area (Å²) in [5.41, 5.74) is 3.30. The quantitative estimate of drug-likeness (QED) is 0.648. The van der Waals surface area contributed by atoms with Gasteiger partial charge in [-0.2, -0.15) is 5.10 Å². The molecule has 0 saturated heterocycles. The maximum atomic E-state index is 11.7. The maximum Gasteiger partial charge on any atom is 0.335 e. The SMILES string of the molecule is C/C(=N\NC(=O)NC1CCCCC1)c1ccc(Cl)s1. The number of carbonyl (C=O) groups excluding carboxylic acids is 1. The number of thiophene rings is 1. The minimum Gasteiger partial charge on any atom is -0.334 e. The second-order valence-electron chi connectivity index (χ2n) is 4.72. The van der Waals surface area contributed by atoms with Crippen molar-refractivity contribution in [1.29, 1.82) is 0 Å². The fourth-order valence-corrected chi connectivity index (χ4v) is 3.15. The fraction of sp³-hybridized carbons (Fsp3) is 0.538. The van der Waals surface area contributed by atoms with Crippen LogP contribution in [0.3, 0.4) is 0 Å². The molecule has 0 bridgehead atoms. The molecule has 0 atom stereocenters. The van der Waals surface area contributed by atoms with Gasteiger partial charge in [-0.15, -0.1) is 11.3 Å². The van der Waals surface area contributed by atoms with Crippen molar-refractivity contribution >= 4 is 34.7 Å². The van der Waals surface area contributed by atoms with Gasteiger partial charge >= 0.3 is 6.03 Å². The summed E-state index contributed by atoms with van der Waals surface area (Å²) in [5, 5.41) is 7.03. The molecule has 19 heavy (non-hydrogen) atoms. The number of urea groups is 1. The average molecular weight is 300 g/mol. The molecule has 104 valence electrons. The van der Waals surface area contributed by atoms with Crippen LogP contribution in [0, 0.1) is 0 Å². The van der Waals surface area contributed by atoms with Crippen molar-refractivity contribution in [2.75, 3.05) is 0 Å². The molecule has 0 spiro atoms. The summed E-state index contributed by atoms with van der Waals surface area (Å²) in [7, 11) is 0. The Balaban J connectivity index is 1.81. The summed E-state index contributed by atoms with van der Waals surface area (Å²) >= 11 is 7.31. The predicted molar refractivity (Wildman–Crippen MR) is 80.1 cm³/mol. The van der Waals surface area contributed by atoms with Crippen LogP contribution in [0.1, 0.15) is 43.9 Å². The normalized spacial score (nSPS) is 17.3. The number of carbonyl (C=O) groups is 1. The largest absolute Gasteiger partial charge is 0.335 e. The molecule has 6 heteroatoms. The van der Waals surface area contributed by atoms with E-state index < -0.39 is 0 Å². The van der Waals surface area contributed by atoms with E-state index >= 15 is 0 Å². The Kier molecular flexibility index (Phi) is 5.22. The highest BCUT2D eigenvalue weighted by Crippen LogP contribution is 2.21. The molecule has 2 amide bonds. The predicted octanol–water partition coefficient (Wildman–Crippen LogP) is 3.76. The zero-order chi connectivity index (χ0) is 13.7. The number of amides is 2. The Hall–Kier alpha value is -1.07. The number of hydrogen-bond donors (Lipinski definition) is 2. The zero-order valence-electron chi connectivity index (χ0n) is 10.9. The topological polar surface area (TPSA) is 53.5 Å². The van der Waals surface area contributed by atoms with E-state index in [1.807, 2.05) is 19.1 Å². The van der Waals surface area contributed by atoms with Gasteiger partial charge in [0, 0.05) is 6.04 Å². The van der Waals surface area contributed by atoms with Crippen LogP contribution < -0.4 is 10.7 Å². The van der Waals surface area contributed by atoms with E-state index in [0.29, 0.717) is 6.04 Å². The first-order valence-corrected chi connectivity index (χ1v) is 7.71. The van der Waals surface area contributed by atoms with Crippen molar-refractivity contribution in [1.82, 2.24) is 10.7 Å². The first kappa shape index (κ1) is 14.3. The van der Waals surface area contributed by atoms with E-state index in [0.717, 1.165) is 27.8 Å². The first-order valence-electron chi connectivity index (χ1n) is 6.51. The maximum absolute atomic E-state index is 11.7. The van der Waals surface area contributed by atoms with E-state index in [9.17, 15) is 4.79 Å². The van der Waals surface area contributed by atoms with E-state index in [2.05, 4.69) is 15.8 Å². The lowest BCUT2D eigenvalue weighted by atomic mass is 9.96. The van der Waals surface area contributed by atoms with Crippen molar-refractivity contribution in [2.24, 2.45) is 5.10 Å². The third-order valence-corrected chi connectivity index (χ3v) is 4.54. The Bertz CT molecular complexity index is 466. The molecule has 1 aromatic rings. The number of nitrogens with zero attached hydrogens (tertiary/aromatic N) is 1. The number of halogens is 1. The molecule has 4 nitrogen and oxygen atoms in total. The van der Waals surface area contributed by atoms with Gasteiger partial charge in [-0.25, -0.2) is 10.2 Å². The summed E-state index contributed by atoms with van der Waals surface area (Å²) in [4.78, 5) is 12.7. The summed E-state index contributed by atoms with van der Waals surface area (Å²) < 4.78 is 0.719. The molecule has 0 radical (unpaired) electrons. The average Bonchev–Trinajstić information content (AvgIpc) is 2.84. The number of hydrogen-bond acceptors (Lipinski definition) is 3. The summed E-state index contributed by atoms with van der Waals surface area (Å²) in [6.45, 7) is 1.85. The van der Waals surface area contributed by atoms with E-state index in [1.54, 1.807) is 0 Å². The highest BCUT2D eigenvalue weighted by molar-refractivity contribution is 7.18. The standard InChI is InChI=1S/C13H18ClN3OS/c1-9(11-7-8-12(14)19-11)16-17-13(18)15-10-5-3-2-4-6-10/h7-8,10H,2-6H2,1H3,(H2,15,17,18)/b16-9+. The Morgan fingerprint density at radius 3 is 2.74 bits per heavy atom. The van der Waals surface area contributed by atoms with Crippen LogP contribution in [-0.4, -0.2) is 17.8 Å². The molecule has 0 aliphatic heterocycles. The van der Waals surface area contributed by atoms with Crippen LogP contribution in [0.15, 0.2) is 17.2 Å². The van der Waals surface area contributed by atoms with Crippen LogP contribution in [0.4, 0.5) is 4.79 Å². The van der Waals surface area contributed by atoms with Crippen LogP contribution in [0.5, 0.6) is 0 Å². The Morgan fingerprint density at radius 1 is 1.37 bits per heavy atom. The van der Waals surface area contributed by atoms with Gasteiger partial charge in [-0.05, 0) is 31.9 Å². The van der Waals surface area contributed by atoms with Crippen LogP contribution in [-0.2, 0) is 0 Å². The second-order valence-corrected chi connectivity index (χ2v) is 6.44. The van der Waals surface area contributed by atoms with Crippen molar-refractivity contribution in [2.45, 2.75) is 45.1 Å². The molecule has 0 aromatic carbocycles. The number of hydrazone groups is 1. The van der Waals surface area contributed by atoms with Gasteiger partial charge in [0.1, 0.15) is 0 Å². The lowest BCUT2D eigenvalue weighted by Gasteiger charge is -2.22. The van der Waals surface area contributed by atoms with Crippen LogP contribution in [0.2, 0.25) is 4.34 Å². The molecule has 1 saturated carbocycles. The van der Waals surface area contributed by atoms with Crippen LogP contribution >= 0.6 is 22.9 Å². The monoisotopic (exact) mass is 299 g/mol. The summed E-state index contributed by atoms with van der Waals surface area (Å²) in [6.07, 6.45) is 5.80. The highest BCUT2D eigenvalue weighted by atomic mass is 35.5. The molecule has 2 rings (SSSR count). The first-order chi connectivity index (χ1) is 9.15. The van der Waals surface area contributed by atoms with Gasteiger partial charge < -0.3 is 5.32 Å². The Labute approximate surface area is 122 Å². The van der Waals surface area contributed by atoms with Crippen molar-refractivity contribution in [3.63, 3.8) is 0 Å². The molecule has 1 fully saturated rings. The molecule has 0 unspecified atom stereocenters. The van der Waals surface area contributed by atoms with E-state index in [-0.39, 0.29) is 6.03 Å². The van der Waals surface area contributed by atoms with E-state index in [4.69, 9.17) is 11.6 Å². The second kappa shape index (κ2) is 6.91. The van der Waals surface area contributed by atoms with E-state index in [1.165, 1.54) is 30.6 Å². The highest BCUT2D eigenvalue weighted by Gasteiger charge is 2.15. The third kappa shape index (κ3) is 4.51. The molecule has 1 aliphatic carbocycles. The smallest absolute Gasteiger partial charge is 0.334 e. The fourth-order valence-electron chi connectivity index (χ4n) is 2.16. The van der Waals surface area contributed by atoms with Gasteiger partial charge in [0.05, 0.1) is 14.9 Å². The lowest BCUT2D eigenvalue weighted by molar-refractivity contribution is 0.233. The lowest BCUT2D eigenvalue weighted by Crippen LogP contribution is -2.41. The molecule has 2 N–H and O–H groups in total. The molecule has 1 heterocycles. The molecular formula is C13H18ClN3OS. The minimum atomic E-state index is -0.228. The Morgan fingerprint density at radius 2 is 2.11 bits per heavy atom.